The first-order valence-electron chi connectivity index (χ1n) is 5.38. The topological polar surface area (TPSA) is 39.9 Å². The zero-order valence-corrected chi connectivity index (χ0v) is 9.88. The number of aryl methyl sites for hydroxylation is 1. The molecule has 0 fully saturated rings. The van der Waals surface area contributed by atoms with Crippen molar-refractivity contribution in [3.8, 4) is 6.07 Å². The first-order chi connectivity index (χ1) is 8.24. The van der Waals surface area contributed by atoms with Gasteiger partial charge in [0.05, 0.1) is 5.69 Å². The van der Waals surface area contributed by atoms with Crippen LogP contribution in [0.5, 0.6) is 0 Å². The summed E-state index contributed by atoms with van der Waals surface area (Å²) in [5, 5.41) is 9.04. The standard InChI is InChI=1S/C14H13N3/c1-11-6-3-4-7-13(11)17(2)14-8-5-9-16-12(14)10-15/h3-9H,1-2H3. The third-order valence-corrected chi connectivity index (χ3v) is 2.73. The van der Waals surface area contributed by atoms with E-state index in [9.17, 15) is 0 Å². The second-order valence-corrected chi connectivity index (χ2v) is 3.83. The van der Waals surface area contributed by atoms with E-state index in [1.807, 2.05) is 55.3 Å². The molecule has 1 heterocycles. The van der Waals surface area contributed by atoms with Gasteiger partial charge in [-0.15, -0.1) is 0 Å². The molecular formula is C14H13N3. The average Bonchev–Trinajstić information content (AvgIpc) is 2.38. The Morgan fingerprint density at radius 3 is 2.53 bits per heavy atom. The Morgan fingerprint density at radius 1 is 1.12 bits per heavy atom. The molecule has 3 nitrogen and oxygen atoms in total. The molecule has 3 heteroatoms. The first kappa shape index (κ1) is 11.2. The second-order valence-electron chi connectivity index (χ2n) is 3.83. The smallest absolute Gasteiger partial charge is 0.164 e. The number of rotatable bonds is 2. The Bertz CT molecular complexity index is 570. The van der Waals surface area contributed by atoms with Gasteiger partial charge in [0.25, 0.3) is 0 Å². The summed E-state index contributed by atoms with van der Waals surface area (Å²) < 4.78 is 0. The summed E-state index contributed by atoms with van der Waals surface area (Å²) in [4.78, 5) is 6.06. The lowest BCUT2D eigenvalue weighted by molar-refractivity contribution is 1.14. The number of pyridine rings is 1. The van der Waals surface area contributed by atoms with Crippen molar-refractivity contribution in [2.24, 2.45) is 0 Å². The molecule has 0 spiro atoms. The lowest BCUT2D eigenvalue weighted by Gasteiger charge is -2.21. The van der Waals surface area contributed by atoms with E-state index >= 15 is 0 Å². The van der Waals surface area contributed by atoms with Crippen LogP contribution >= 0.6 is 0 Å². The van der Waals surface area contributed by atoms with Crippen molar-refractivity contribution >= 4 is 11.4 Å². The third-order valence-electron chi connectivity index (χ3n) is 2.73. The van der Waals surface area contributed by atoms with Gasteiger partial charge in [-0.05, 0) is 30.7 Å². The molecule has 0 radical (unpaired) electrons. The zero-order chi connectivity index (χ0) is 12.3. The minimum Gasteiger partial charge on any atom is -0.342 e. The van der Waals surface area contributed by atoms with Gasteiger partial charge >= 0.3 is 0 Å². The number of benzene rings is 1. The Morgan fingerprint density at radius 2 is 1.82 bits per heavy atom. The van der Waals surface area contributed by atoms with E-state index in [1.54, 1.807) is 6.20 Å². The van der Waals surface area contributed by atoms with Crippen LogP contribution in [0.2, 0.25) is 0 Å². The van der Waals surface area contributed by atoms with Crippen LogP contribution in [0.1, 0.15) is 11.3 Å². The molecule has 0 aliphatic carbocycles. The van der Waals surface area contributed by atoms with Gasteiger partial charge in [0.1, 0.15) is 6.07 Å². The van der Waals surface area contributed by atoms with Crippen LogP contribution in [-0.4, -0.2) is 12.0 Å². The highest BCUT2D eigenvalue weighted by Crippen LogP contribution is 2.27. The predicted molar refractivity (Wildman–Crippen MR) is 68.2 cm³/mol. The molecule has 84 valence electrons. The van der Waals surface area contributed by atoms with Gasteiger partial charge in [-0.2, -0.15) is 5.26 Å². The van der Waals surface area contributed by atoms with E-state index in [0.717, 1.165) is 11.4 Å². The molecule has 0 bridgehead atoms. The van der Waals surface area contributed by atoms with E-state index in [4.69, 9.17) is 5.26 Å². The molecule has 0 N–H and O–H groups in total. The monoisotopic (exact) mass is 223 g/mol. The van der Waals surface area contributed by atoms with Gasteiger partial charge in [0.2, 0.25) is 0 Å². The maximum absolute atomic E-state index is 9.04. The molecule has 2 rings (SSSR count). The normalized spacial score (nSPS) is 9.71. The molecule has 0 atom stereocenters. The Balaban J connectivity index is 2.48. The number of nitrogens with zero attached hydrogens (tertiary/aromatic N) is 3. The molecule has 0 amide bonds. The van der Waals surface area contributed by atoms with Crippen LogP contribution < -0.4 is 4.90 Å². The predicted octanol–water partition coefficient (Wildman–Crippen LogP) is 3.03. The second kappa shape index (κ2) is 4.67. The fraction of sp³-hybridized carbons (Fsp3) is 0.143. The molecule has 0 unspecified atom stereocenters. The van der Waals surface area contributed by atoms with E-state index in [2.05, 4.69) is 11.1 Å². The third kappa shape index (κ3) is 2.11. The number of hydrogen-bond acceptors (Lipinski definition) is 3. The summed E-state index contributed by atoms with van der Waals surface area (Å²) in [7, 11) is 1.94. The Kier molecular flexibility index (Phi) is 3.06. The van der Waals surface area contributed by atoms with Crippen molar-refractivity contribution < 1.29 is 0 Å². The van der Waals surface area contributed by atoms with Crippen LogP contribution in [0.15, 0.2) is 42.6 Å². The highest BCUT2D eigenvalue weighted by Gasteiger charge is 2.10. The Labute approximate surface area is 101 Å². The van der Waals surface area contributed by atoms with E-state index in [-0.39, 0.29) is 0 Å². The summed E-state index contributed by atoms with van der Waals surface area (Å²) in [6.07, 6.45) is 1.63. The number of para-hydroxylation sites is 1. The molecule has 2 aromatic rings. The lowest BCUT2D eigenvalue weighted by atomic mass is 10.1. The van der Waals surface area contributed by atoms with E-state index in [1.165, 1.54) is 5.56 Å². The summed E-state index contributed by atoms with van der Waals surface area (Å²) in [5.74, 6) is 0. The van der Waals surface area contributed by atoms with Gasteiger partial charge in [-0.25, -0.2) is 4.98 Å². The van der Waals surface area contributed by atoms with Gasteiger partial charge < -0.3 is 4.90 Å². The number of aromatic nitrogens is 1. The maximum Gasteiger partial charge on any atom is 0.164 e. The van der Waals surface area contributed by atoms with Crippen LogP contribution in [0.3, 0.4) is 0 Å². The fourth-order valence-electron chi connectivity index (χ4n) is 1.82. The van der Waals surface area contributed by atoms with Gasteiger partial charge in [-0.1, -0.05) is 18.2 Å². The van der Waals surface area contributed by atoms with E-state index < -0.39 is 0 Å². The molecule has 0 aliphatic heterocycles. The molecular weight excluding hydrogens is 210 g/mol. The summed E-state index contributed by atoms with van der Waals surface area (Å²) in [6, 6.07) is 13.9. The quantitative estimate of drug-likeness (QED) is 0.785. The van der Waals surface area contributed by atoms with Crippen molar-refractivity contribution in [1.29, 1.82) is 5.26 Å². The minimum atomic E-state index is 0.443. The lowest BCUT2D eigenvalue weighted by Crippen LogP contribution is -2.12. The SMILES string of the molecule is Cc1ccccc1N(C)c1cccnc1C#N. The Hall–Kier alpha value is -2.34. The number of hydrogen-bond donors (Lipinski definition) is 0. The van der Waals surface area contributed by atoms with Crippen molar-refractivity contribution in [3.05, 3.63) is 53.9 Å². The van der Waals surface area contributed by atoms with Gasteiger partial charge in [0, 0.05) is 18.9 Å². The number of nitriles is 1. The summed E-state index contributed by atoms with van der Waals surface area (Å²) in [6.45, 7) is 2.05. The van der Waals surface area contributed by atoms with Crippen molar-refractivity contribution in [2.75, 3.05) is 11.9 Å². The van der Waals surface area contributed by atoms with Gasteiger partial charge in [-0.3, -0.25) is 0 Å². The zero-order valence-electron chi connectivity index (χ0n) is 9.88. The average molecular weight is 223 g/mol. The number of anilines is 2. The minimum absolute atomic E-state index is 0.443. The molecule has 0 saturated heterocycles. The highest BCUT2D eigenvalue weighted by molar-refractivity contribution is 5.68. The molecule has 0 aliphatic rings. The van der Waals surface area contributed by atoms with Crippen LogP contribution in [0, 0.1) is 18.3 Å². The largest absolute Gasteiger partial charge is 0.342 e. The van der Waals surface area contributed by atoms with Crippen molar-refractivity contribution in [1.82, 2.24) is 4.98 Å². The summed E-state index contributed by atoms with van der Waals surface area (Å²) in [5.41, 5.74) is 3.52. The molecule has 0 saturated carbocycles. The van der Waals surface area contributed by atoms with Crippen LogP contribution in [-0.2, 0) is 0 Å². The van der Waals surface area contributed by atoms with Gasteiger partial charge in [0.15, 0.2) is 5.69 Å². The maximum atomic E-state index is 9.04. The highest BCUT2D eigenvalue weighted by atomic mass is 15.1. The molecule has 17 heavy (non-hydrogen) atoms. The molecule has 1 aromatic carbocycles. The summed E-state index contributed by atoms with van der Waals surface area (Å²) >= 11 is 0. The molecule has 1 aromatic heterocycles. The fourth-order valence-corrected chi connectivity index (χ4v) is 1.82. The van der Waals surface area contributed by atoms with E-state index in [0.29, 0.717) is 5.69 Å². The van der Waals surface area contributed by atoms with Crippen LogP contribution in [0.4, 0.5) is 11.4 Å². The first-order valence-corrected chi connectivity index (χ1v) is 5.38. The van der Waals surface area contributed by atoms with Crippen molar-refractivity contribution in [3.63, 3.8) is 0 Å². The van der Waals surface area contributed by atoms with Crippen molar-refractivity contribution in [2.45, 2.75) is 6.92 Å². The van der Waals surface area contributed by atoms with Crippen LogP contribution in [0.25, 0.3) is 0 Å².